The summed E-state index contributed by atoms with van der Waals surface area (Å²) in [6.45, 7) is 0.771. The lowest BCUT2D eigenvalue weighted by atomic mass is 9.80. The second-order valence-electron chi connectivity index (χ2n) is 5.01. The third-order valence-corrected chi connectivity index (χ3v) is 3.92. The van der Waals surface area contributed by atoms with E-state index in [1.165, 1.54) is 0 Å². The van der Waals surface area contributed by atoms with Crippen molar-refractivity contribution in [1.82, 2.24) is 5.32 Å². The fourth-order valence-corrected chi connectivity index (χ4v) is 2.95. The number of hydrogen-bond acceptors (Lipinski definition) is 1. The van der Waals surface area contributed by atoms with Crippen molar-refractivity contribution in [2.75, 3.05) is 6.54 Å². The summed E-state index contributed by atoms with van der Waals surface area (Å²) >= 11 is 0. The molecule has 1 N–H and O–H groups in total. The molecular weight excluding hydrogens is 232 g/mol. The van der Waals surface area contributed by atoms with Crippen molar-refractivity contribution in [3.05, 3.63) is 0 Å². The van der Waals surface area contributed by atoms with Crippen LogP contribution in [0.3, 0.4) is 0 Å². The largest absolute Gasteiger partial charge is 0.309 e. The third kappa shape index (κ3) is 3.07. The van der Waals surface area contributed by atoms with E-state index < -0.39 is 12.0 Å². The minimum Gasteiger partial charge on any atom is -0.309 e. The molecule has 96 valence electrons. The molecule has 1 heterocycles. The fraction of sp³-hybridized carbons (Fsp3) is 1.00. The van der Waals surface area contributed by atoms with E-state index in [9.17, 15) is 8.78 Å². The van der Waals surface area contributed by atoms with Gasteiger partial charge in [0, 0.05) is 5.92 Å². The number of nitrogens with one attached hydrogen (secondary N) is 1. The van der Waals surface area contributed by atoms with Crippen LogP contribution in [0, 0.1) is 5.92 Å². The van der Waals surface area contributed by atoms with Gasteiger partial charge in [-0.15, -0.1) is 12.4 Å². The van der Waals surface area contributed by atoms with Crippen LogP contribution in [0.1, 0.15) is 51.4 Å². The second kappa shape index (κ2) is 6.15. The normalized spacial score (nSPS) is 28.5. The number of halogens is 3. The molecule has 1 aliphatic heterocycles. The van der Waals surface area contributed by atoms with Crippen molar-refractivity contribution in [3.63, 3.8) is 0 Å². The SMILES string of the molecule is Cl.FC(F)(C1CCCCC1)C1CCCCN1. The molecule has 0 aromatic rings. The Morgan fingerprint density at radius 3 is 2.06 bits per heavy atom. The molecule has 1 unspecified atom stereocenters. The van der Waals surface area contributed by atoms with Crippen LogP contribution < -0.4 is 5.32 Å². The van der Waals surface area contributed by atoms with E-state index in [1.807, 2.05) is 0 Å². The van der Waals surface area contributed by atoms with Gasteiger partial charge in [0.1, 0.15) is 0 Å². The topological polar surface area (TPSA) is 12.0 Å². The first-order valence-corrected chi connectivity index (χ1v) is 6.32. The first-order chi connectivity index (χ1) is 7.21. The summed E-state index contributed by atoms with van der Waals surface area (Å²) in [6.07, 6.45) is 7.25. The highest BCUT2D eigenvalue weighted by Gasteiger charge is 2.46. The molecule has 2 fully saturated rings. The van der Waals surface area contributed by atoms with Crippen molar-refractivity contribution in [1.29, 1.82) is 0 Å². The molecule has 1 saturated carbocycles. The van der Waals surface area contributed by atoms with Crippen LogP contribution in [0.15, 0.2) is 0 Å². The Bertz CT molecular complexity index is 179. The summed E-state index contributed by atoms with van der Waals surface area (Å²) in [5.41, 5.74) is 0. The summed E-state index contributed by atoms with van der Waals surface area (Å²) < 4.78 is 28.3. The lowest BCUT2D eigenvalue weighted by Gasteiger charge is -2.38. The molecule has 0 amide bonds. The van der Waals surface area contributed by atoms with Crippen LogP contribution in [0.2, 0.25) is 0 Å². The van der Waals surface area contributed by atoms with E-state index in [1.54, 1.807) is 0 Å². The lowest BCUT2D eigenvalue weighted by molar-refractivity contribution is -0.105. The third-order valence-electron chi connectivity index (χ3n) is 3.92. The van der Waals surface area contributed by atoms with Crippen molar-refractivity contribution < 1.29 is 8.78 Å². The molecule has 4 heteroatoms. The molecule has 0 aromatic carbocycles. The van der Waals surface area contributed by atoms with Crippen LogP contribution in [-0.2, 0) is 0 Å². The average molecular weight is 254 g/mol. The van der Waals surface area contributed by atoms with Gasteiger partial charge in [-0.3, -0.25) is 0 Å². The van der Waals surface area contributed by atoms with Crippen molar-refractivity contribution in [2.45, 2.75) is 63.3 Å². The molecule has 1 aliphatic carbocycles. The smallest absolute Gasteiger partial charge is 0.265 e. The first kappa shape index (κ1) is 14.2. The van der Waals surface area contributed by atoms with Gasteiger partial charge in [0.05, 0.1) is 6.04 Å². The lowest BCUT2D eigenvalue weighted by Crippen LogP contribution is -2.51. The van der Waals surface area contributed by atoms with Crippen LogP contribution in [-0.4, -0.2) is 18.5 Å². The molecule has 0 radical (unpaired) electrons. The zero-order chi connectivity index (χ0) is 10.7. The highest BCUT2D eigenvalue weighted by molar-refractivity contribution is 5.85. The van der Waals surface area contributed by atoms with Crippen LogP contribution in [0.4, 0.5) is 8.78 Å². The highest BCUT2D eigenvalue weighted by atomic mass is 35.5. The van der Waals surface area contributed by atoms with E-state index in [-0.39, 0.29) is 18.3 Å². The van der Waals surface area contributed by atoms with Gasteiger partial charge in [0.15, 0.2) is 0 Å². The van der Waals surface area contributed by atoms with E-state index in [4.69, 9.17) is 0 Å². The predicted molar refractivity (Wildman–Crippen MR) is 64.4 cm³/mol. The Morgan fingerprint density at radius 2 is 1.50 bits per heavy atom. The van der Waals surface area contributed by atoms with Crippen LogP contribution in [0.25, 0.3) is 0 Å². The maximum Gasteiger partial charge on any atom is 0.265 e. The Kier molecular flexibility index (Phi) is 5.45. The predicted octanol–water partition coefficient (Wildman–Crippen LogP) is 3.77. The first-order valence-electron chi connectivity index (χ1n) is 6.32. The quantitative estimate of drug-likeness (QED) is 0.790. The van der Waals surface area contributed by atoms with Crippen molar-refractivity contribution in [2.24, 2.45) is 5.92 Å². The van der Waals surface area contributed by atoms with Gasteiger partial charge in [0.2, 0.25) is 0 Å². The highest BCUT2D eigenvalue weighted by Crippen LogP contribution is 2.40. The molecule has 2 rings (SSSR count). The van der Waals surface area contributed by atoms with E-state index in [0.29, 0.717) is 6.42 Å². The maximum absolute atomic E-state index is 14.1. The summed E-state index contributed by atoms with van der Waals surface area (Å²) in [6, 6.07) is -0.547. The Labute approximate surface area is 103 Å². The Morgan fingerprint density at radius 1 is 0.875 bits per heavy atom. The van der Waals surface area contributed by atoms with Crippen molar-refractivity contribution >= 4 is 12.4 Å². The van der Waals surface area contributed by atoms with Crippen LogP contribution >= 0.6 is 12.4 Å². The zero-order valence-corrected chi connectivity index (χ0v) is 10.5. The van der Waals surface area contributed by atoms with Gasteiger partial charge in [-0.25, -0.2) is 8.78 Å². The molecular formula is C12H22ClF2N. The molecule has 1 nitrogen and oxygen atoms in total. The van der Waals surface area contributed by atoms with E-state index in [2.05, 4.69) is 5.32 Å². The van der Waals surface area contributed by atoms with Crippen molar-refractivity contribution in [3.8, 4) is 0 Å². The standard InChI is InChI=1S/C12H21F2N.ClH/c13-12(14,10-6-2-1-3-7-10)11-8-4-5-9-15-11;/h10-11,15H,1-9H2;1H. The van der Waals surface area contributed by atoms with Gasteiger partial charge in [-0.05, 0) is 32.2 Å². The molecule has 0 spiro atoms. The fourth-order valence-electron chi connectivity index (χ4n) is 2.95. The maximum atomic E-state index is 14.1. The Hall–Kier alpha value is 0.110. The summed E-state index contributed by atoms with van der Waals surface area (Å²) in [7, 11) is 0. The van der Waals surface area contributed by atoms with Gasteiger partial charge < -0.3 is 5.32 Å². The molecule has 16 heavy (non-hydrogen) atoms. The average Bonchev–Trinajstić information content (AvgIpc) is 2.31. The summed E-state index contributed by atoms with van der Waals surface area (Å²) in [4.78, 5) is 0. The zero-order valence-electron chi connectivity index (χ0n) is 9.68. The Balaban J connectivity index is 0.00000128. The molecule has 1 atom stereocenters. The van der Waals surface area contributed by atoms with E-state index in [0.717, 1.165) is 51.5 Å². The number of piperidine rings is 1. The van der Waals surface area contributed by atoms with Gasteiger partial charge in [0.25, 0.3) is 5.92 Å². The molecule has 1 saturated heterocycles. The monoisotopic (exact) mass is 253 g/mol. The number of hydrogen-bond donors (Lipinski definition) is 1. The molecule has 0 bridgehead atoms. The number of alkyl halides is 2. The van der Waals surface area contributed by atoms with Gasteiger partial charge >= 0.3 is 0 Å². The van der Waals surface area contributed by atoms with Gasteiger partial charge in [-0.1, -0.05) is 25.7 Å². The van der Waals surface area contributed by atoms with Crippen LogP contribution in [0.5, 0.6) is 0 Å². The minimum absolute atomic E-state index is 0. The molecule has 2 aliphatic rings. The second-order valence-corrected chi connectivity index (χ2v) is 5.01. The number of rotatable bonds is 2. The summed E-state index contributed by atoms with van der Waals surface area (Å²) in [5.74, 6) is -2.83. The molecule has 0 aromatic heterocycles. The van der Waals surface area contributed by atoms with Gasteiger partial charge in [-0.2, -0.15) is 0 Å². The summed E-state index contributed by atoms with van der Waals surface area (Å²) in [5, 5.41) is 3.01. The van der Waals surface area contributed by atoms with E-state index >= 15 is 0 Å². The minimum atomic E-state index is -2.47.